The molecule has 1 aliphatic carbocycles. The van der Waals surface area contributed by atoms with Crippen LogP contribution < -0.4 is 5.73 Å². The van der Waals surface area contributed by atoms with Crippen molar-refractivity contribution in [2.75, 3.05) is 19.8 Å². The molecule has 0 heterocycles. The second-order valence-corrected chi connectivity index (χ2v) is 4.28. The highest BCUT2D eigenvalue weighted by atomic mass is 19.4. The second kappa shape index (κ2) is 5.33. The van der Waals surface area contributed by atoms with Gasteiger partial charge >= 0.3 is 6.18 Å². The smallest absolute Gasteiger partial charge is 0.391 e. The number of aliphatic hydroxyl groups is 1. The van der Waals surface area contributed by atoms with Gasteiger partial charge in [0.2, 0.25) is 0 Å². The number of hydrogen-bond donors (Lipinski definition) is 2. The van der Waals surface area contributed by atoms with Crippen LogP contribution in [0.5, 0.6) is 0 Å². The minimum atomic E-state index is -4.11. The molecule has 3 N–H and O–H groups in total. The Labute approximate surface area is 92.8 Å². The SMILES string of the molecule is NCC1(OCCO)CCC(C(F)(F)F)CC1. The fourth-order valence-corrected chi connectivity index (χ4v) is 2.14. The fraction of sp³-hybridized carbons (Fsp3) is 1.00. The van der Waals surface area contributed by atoms with Gasteiger partial charge < -0.3 is 15.6 Å². The summed E-state index contributed by atoms with van der Waals surface area (Å²) in [5.41, 5.74) is 4.88. The molecule has 6 heteroatoms. The maximum absolute atomic E-state index is 12.4. The van der Waals surface area contributed by atoms with Crippen LogP contribution in [0.1, 0.15) is 25.7 Å². The van der Waals surface area contributed by atoms with Crippen molar-refractivity contribution < 1.29 is 23.0 Å². The molecule has 1 saturated carbocycles. The molecule has 3 nitrogen and oxygen atoms in total. The molecule has 0 unspecified atom stereocenters. The van der Waals surface area contributed by atoms with E-state index >= 15 is 0 Å². The van der Waals surface area contributed by atoms with Crippen LogP contribution in [0.4, 0.5) is 13.2 Å². The standard InChI is InChI=1S/C10H18F3NO2/c11-10(12,13)8-1-3-9(7-14,4-2-8)16-6-5-15/h8,15H,1-7,14H2. The van der Waals surface area contributed by atoms with E-state index < -0.39 is 17.7 Å². The molecule has 0 aromatic carbocycles. The number of rotatable bonds is 4. The van der Waals surface area contributed by atoms with E-state index in [2.05, 4.69) is 0 Å². The highest BCUT2D eigenvalue weighted by Gasteiger charge is 2.45. The molecule has 0 spiro atoms. The zero-order valence-electron chi connectivity index (χ0n) is 9.09. The minimum Gasteiger partial charge on any atom is -0.394 e. The molecule has 1 fully saturated rings. The average Bonchev–Trinajstić information content (AvgIpc) is 2.26. The summed E-state index contributed by atoms with van der Waals surface area (Å²) in [7, 11) is 0. The van der Waals surface area contributed by atoms with Crippen LogP contribution in [0.2, 0.25) is 0 Å². The van der Waals surface area contributed by atoms with Crippen LogP contribution >= 0.6 is 0 Å². The van der Waals surface area contributed by atoms with Gasteiger partial charge in [0.05, 0.1) is 24.7 Å². The molecular formula is C10H18F3NO2. The van der Waals surface area contributed by atoms with Crippen molar-refractivity contribution in [3.05, 3.63) is 0 Å². The number of halogens is 3. The Bertz CT molecular complexity index is 213. The zero-order valence-corrected chi connectivity index (χ0v) is 9.09. The number of hydrogen-bond acceptors (Lipinski definition) is 3. The Kier molecular flexibility index (Phi) is 4.58. The van der Waals surface area contributed by atoms with E-state index in [4.69, 9.17) is 15.6 Å². The third-order valence-electron chi connectivity index (χ3n) is 3.23. The van der Waals surface area contributed by atoms with Crippen molar-refractivity contribution in [1.82, 2.24) is 0 Å². The van der Waals surface area contributed by atoms with Crippen LogP contribution in [0.25, 0.3) is 0 Å². The lowest BCUT2D eigenvalue weighted by Gasteiger charge is -2.39. The molecule has 0 aliphatic heterocycles. The first kappa shape index (κ1) is 13.7. The second-order valence-electron chi connectivity index (χ2n) is 4.28. The van der Waals surface area contributed by atoms with E-state index in [9.17, 15) is 13.2 Å². The largest absolute Gasteiger partial charge is 0.394 e. The summed E-state index contributed by atoms with van der Waals surface area (Å²) in [6, 6.07) is 0. The van der Waals surface area contributed by atoms with Crippen molar-refractivity contribution in [3.8, 4) is 0 Å². The van der Waals surface area contributed by atoms with E-state index in [-0.39, 0.29) is 32.6 Å². The molecule has 1 rings (SSSR count). The van der Waals surface area contributed by atoms with E-state index in [1.54, 1.807) is 0 Å². The van der Waals surface area contributed by atoms with Gasteiger partial charge in [-0.05, 0) is 25.7 Å². The average molecular weight is 241 g/mol. The molecule has 0 aromatic heterocycles. The highest BCUT2D eigenvalue weighted by molar-refractivity contribution is 4.90. The van der Waals surface area contributed by atoms with Crippen LogP contribution in [0.15, 0.2) is 0 Å². The summed E-state index contributed by atoms with van der Waals surface area (Å²) in [4.78, 5) is 0. The predicted molar refractivity (Wildman–Crippen MR) is 52.8 cm³/mol. The van der Waals surface area contributed by atoms with Gasteiger partial charge in [0.25, 0.3) is 0 Å². The molecule has 0 saturated heterocycles. The van der Waals surface area contributed by atoms with E-state index in [0.29, 0.717) is 12.8 Å². The lowest BCUT2D eigenvalue weighted by Crippen LogP contribution is -2.46. The molecule has 0 radical (unpaired) electrons. The number of aliphatic hydroxyl groups excluding tert-OH is 1. The van der Waals surface area contributed by atoms with Crippen molar-refractivity contribution in [3.63, 3.8) is 0 Å². The van der Waals surface area contributed by atoms with Crippen LogP contribution in [-0.4, -0.2) is 36.6 Å². The summed E-state index contributed by atoms with van der Waals surface area (Å²) < 4.78 is 42.7. The predicted octanol–water partition coefficient (Wildman–Crippen LogP) is 1.45. The Hall–Kier alpha value is -0.330. The Morgan fingerprint density at radius 1 is 1.31 bits per heavy atom. The number of alkyl halides is 3. The fourth-order valence-electron chi connectivity index (χ4n) is 2.14. The van der Waals surface area contributed by atoms with Gasteiger partial charge in [-0.1, -0.05) is 0 Å². The first-order valence-corrected chi connectivity index (χ1v) is 5.45. The third kappa shape index (κ3) is 3.33. The van der Waals surface area contributed by atoms with Crippen LogP contribution in [-0.2, 0) is 4.74 Å². The van der Waals surface area contributed by atoms with Crippen molar-refractivity contribution in [2.45, 2.75) is 37.5 Å². The lowest BCUT2D eigenvalue weighted by atomic mass is 9.78. The van der Waals surface area contributed by atoms with Crippen molar-refractivity contribution in [2.24, 2.45) is 11.7 Å². The lowest BCUT2D eigenvalue weighted by molar-refractivity contribution is -0.196. The summed E-state index contributed by atoms with van der Waals surface area (Å²) >= 11 is 0. The van der Waals surface area contributed by atoms with Gasteiger partial charge in [-0.25, -0.2) is 0 Å². The highest BCUT2D eigenvalue weighted by Crippen LogP contribution is 2.42. The van der Waals surface area contributed by atoms with Gasteiger partial charge in [-0.3, -0.25) is 0 Å². The Morgan fingerprint density at radius 2 is 1.88 bits per heavy atom. The van der Waals surface area contributed by atoms with Crippen molar-refractivity contribution in [1.29, 1.82) is 0 Å². The monoisotopic (exact) mass is 241 g/mol. The molecular weight excluding hydrogens is 223 g/mol. The van der Waals surface area contributed by atoms with Gasteiger partial charge in [0, 0.05) is 6.54 Å². The Balaban J connectivity index is 2.50. The van der Waals surface area contributed by atoms with Gasteiger partial charge in [0.15, 0.2) is 0 Å². The summed E-state index contributed by atoms with van der Waals surface area (Å²) in [5.74, 6) is -1.23. The van der Waals surface area contributed by atoms with E-state index in [0.717, 1.165) is 0 Å². The van der Waals surface area contributed by atoms with Gasteiger partial charge in [0.1, 0.15) is 0 Å². The quantitative estimate of drug-likeness (QED) is 0.783. The maximum Gasteiger partial charge on any atom is 0.391 e. The molecule has 0 aromatic rings. The number of nitrogens with two attached hydrogens (primary N) is 1. The summed E-state index contributed by atoms with van der Waals surface area (Å²) in [6.45, 7) is 0.204. The third-order valence-corrected chi connectivity index (χ3v) is 3.23. The normalized spacial score (nSPS) is 31.7. The van der Waals surface area contributed by atoms with Gasteiger partial charge in [-0.2, -0.15) is 13.2 Å². The van der Waals surface area contributed by atoms with E-state index in [1.807, 2.05) is 0 Å². The topological polar surface area (TPSA) is 55.5 Å². The number of ether oxygens (including phenoxy) is 1. The molecule has 0 atom stereocenters. The minimum absolute atomic E-state index is 0.0616. The molecule has 0 bridgehead atoms. The van der Waals surface area contributed by atoms with Crippen LogP contribution in [0, 0.1) is 5.92 Å². The van der Waals surface area contributed by atoms with Crippen molar-refractivity contribution >= 4 is 0 Å². The van der Waals surface area contributed by atoms with Crippen LogP contribution in [0.3, 0.4) is 0 Å². The first-order chi connectivity index (χ1) is 7.43. The molecule has 16 heavy (non-hydrogen) atoms. The first-order valence-electron chi connectivity index (χ1n) is 5.45. The van der Waals surface area contributed by atoms with Gasteiger partial charge in [-0.15, -0.1) is 0 Å². The van der Waals surface area contributed by atoms with E-state index in [1.165, 1.54) is 0 Å². The Morgan fingerprint density at radius 3 is 2.25 bits per heavy atom. The maximum atomic E-state index is 12.4. The molecule has 1 aliphatic rings. The molecule has 0 amide bonds. The summed E-state index contributed by atoms with van der Waals surface area (Å²) in [6.07, 6.45) is -3.36. The summed E-state index contributed by atoms with van der Waals surface area (Å²) in [5, 5.41) is 8.64. The molecule has 96 valence electrons. The zero-order chi connectivity index (χ0) is 12.2.